The van der Waals surface area contributed by atoms with Crippen LogP contribution in [0.15, 0.2) is 12.1 Å². The summed E-state index contributed by atoms with van der Waals surface area (Å²) in [5.74, 6) is 3.02. The number of methoxy groups -OCH3 is 3. The molecule has 1 aromatic carbocycles. The van der Waals surface area contributed by atoms with Gasteiger partial charge in [0, 0.05) is 16.5 Å². The molecule has 0 radical (unpaired) electrons. The number of esters is 1. The van der Waals surface area contributed by atoms with Crippen molar-refractivity contribution in [2.75, 3.05) is 21.3 Å². The lowest BCUT2D eigenvalue weighted by Crippen LogP contribution is -2.69. The predicted molar refractivity (Wildman–Crippen MR) is 131 cm³/mol. The number of carbonyl (C=O) groups is 1. The third-order valence-electron chi connectivity index (χ3n) is 11.0. The Morgan fingerprint density at radius 3 is 2.32 bits per heavy atom. The normalized spacial score (nSPS) is 42.4. The van der Waals surface area contributed by atoms with Crippen molar-refractivity contribution in [3.8, 4) is 11.5 Å². The summed E-state index contributed by atoms with van der Waals surface area (Å²) in [7, 11) is 5.02. The number of hydrogen-bond acceptors (Lipinski definition) is 5. The van der Waals surface area contributed by atoms with E-state index in [0.29, 0.717) is 5.92 Å². The highest BCUT2D eigenvalue weighted by Crippen LogP contribution is 2.75. The molecule has 0 saturated heterocycles. The fourth-order valence-electron chi connectivity index (χ4n) is 9.77. The molecule has 0 unspecified atom stereocenters. The first kappa shape index (κ1) is 24.0. The van der Waals surface area contributed by atoms with Gasteiger partial charge in [0.15, 0.2) is 0 Å². The van der Waals surface area contributed by atoms with Crippen molar-refractivity contribution in [2.45, 2.75) is 83.7 Å². The maximum atomic E-state index is 13.1. The largest absolute Gasteiger partial charge is 0.496 e. The van der Waals surface area contributed by atoms with Crippen molar-refractivity contribution < 1.29 is 24.1 Å². The van der Waals surface area contributed by atoms with Crippen LogP contribution >= 0.6 is 0 Å². The van der Waals surface area contributed by atoms with E-state index < -0.39 is 16.9 Å². The minimum Gasteiger partial charge on any atom is -0.496 e. The fourth-order valence-corrected chi connectivity index (χ4v) is 9.77. The molecule has 3 saturated carbocycles. The van der Waals surface area contributed by atoms with Crippen LogP contribution in [0.25, 0.3) is 0 Å². The molecule has 5 aliphatic rings. The second kappa shape index (κ2) is 7.88. The van der Waals surface area contributed by atoms with E-state index in [-0.39, 0.29) is 35.1 Å². The van der Waals surface area contributed by atoms with Crippen molar-refractivity contribution in [1.29, 1.82) is 0 Å². The average Bonchev–Trinajstić information content (AvgIpc) is 2.82. The van der Waals surface area contributed by atoms with Crippen molar-refractivity contribution in [3.63, 3.8) is 0 Å². The van der Waals surface area contributed by atoms with Gasteiger partial charge in [-0.15, -0.1) is 0 Å². The summed E-state index contributed by atoms with van der Waals surface area (Å²) >= 11 is 0. The Morgan fingerprint density at radius 2 is 1.71 bits per heavy atom. The summed E-state index contributed by atoms with van der Waals surface area (Å²) < 4.78 is 17.2. The Hall–Kier alpha value is -1.75. The van der Waals surface area contributed by atoms with Gasteiger partial charge in [-0.2, -0.15) is 0 Å². The molecule has 6 rings (SSSR count). The molecule has 2 bridgehead atoms. The molecular formula is C29H42O5. The van der Waals surface area contributed by atoms with E-state index in [9.17, 15) is 9.90 Å². The molecule has 1 N–H and O–H groups in total. The Kier molecular flexibility index (Phi) is 5.55. The molecule has 5 aliphatic carbocycles. The van der Waals surface area contributed by atoms with Crippen molar-refractivity contribution in [1.82, 2.24) is 0 Å². The summed E-state index contributed by atoms with van der Waals surface area (Å²) in [6.07, 6.45) is 5.34. The van der Waals surface area contributed by atoms with E-state index in [1.165, 1.54) is 18.2 Å². The fraction of sp³-hybridized carbons (Fsp3) is 0.759. The second-order valence-electron chi connectivity index (χ2n) is 12.3. The number of hydrogen-bond donors (Lipinski definition) is 1. The Bertz CT molecular complexity index is 987. The zero-order valence-electron chi connectivity index (χ0n) is 21.9. The highest BCUT2D eigenvalue weighted by Gasteiger charge is 2.71. The summed E-state index contributed by atoms with van der Waals surface area (Å²) in [4.78, 5) is 13.1. The summed E-state index contributed by atoms with van der Waals surface area (Å²) in [6.45, 7) is 9.03. The third kappa shape index (κ3) is 2.74. The lowest BCUT2D eigenvalue weighted by atomic mass is 9.34. The molecule has 3 fully saturated rings. The first-order valence-corrected chi connectivity index (χ1v) is 13.1. The van der Waals surface area contributed by atoms with Crippen molar-refractivity contribution in [3.05, 3.63) is 23.3 Å². The summed E-state index contributed by atoms with van der Waals surface area (Å²) in [5.41, 5.74) is 1.54. The highest BCUT2D eigenvalue weighted by atomic mass is 16.5. The van der Waals surface area contributed by atoms with Crippen LogP contribution in [-0.2, 0) is 14.9 Å². The molecule has 1 spiro atoms. The Labute approximate surface area is 204 Å². The maximum Gasteiger partial charge on any atom is 0.311 e. The monoisotopic (exact) mass is 470 g/mol. The average molecular weight is 471 g/mol. The molecule has 0 aliphatic heterocycles. The van der Waals surface area contributed by atoms with Gasteiger partial charge in [-0.1, -0.05) is 27.2 Å². The standard InChI is InChI=1S/C29H42O5/c1-16(2)22-17-15-21-27(3)12-8-13-28(4,26(31)34-7)20(27)11-14-29(21,25(22)30)24-19(33-6)10-9-18(32-5)23(17)24/h9-10,16-17,20-22,25,30H,8,11-15H2,1-7H3/t17-,20-,21+,22-,25-,27-,28-,29-/m1/s1. The van der Waals surface area contributed by atoms with E-state index in [2.05, 4.69) is 27.7 Å². The number of carbonyl (C=O) groups excluding carboxylic acids is 1. The van der Waals surface area contributed by atoms with Crippen LogP contribution in [0.4, 0.5) is 0 Å². The molecule has 8 atom stereocenters. The molecular weight excluding hydrogens is 428 g/mol. The van der Waals surface area contributed by atoms with Crippen molar-refractivity contribution in [2.24, 2.45) is 34.5 Å². The second-order valence-corrected chi connectivity index (χ2v) is 12.3. The number of rotatable bonds is 4. The molecule has 188 valence electrons. The number of aliphatic hydroxyl groups is 1. The van der Waals surface area contributed by atoms with Crippen LogP contribution in [0.2, 0.25) is 0 Å². The minimum absolute atomic E-state index is 0.0492. The zero-order chi connectivity index (χ0) is 24.6. The molecule has 5 nitrogen and oxygen atoms in total. The Balaban J connectivity index is 1.75. The minimum atomic E-state index is -0.469. The van der Waals surface area contributed by atoms with E-state index >= 15 is 0 Å². The zero-order valence-corrected chi connectivity index (χ0v) is 21.9. The van der Waals surface area contributed by atoms with Gasteiger partial charge in [-0.05, 0) is 86.2 Å². The SMILES string of the molecule is COC(=O)[C@]1(C)CCC[C@]2(C)[C@H]1CC[C@]13c4c(OC)ccc(OC)c4[C@H](C[C@@H]21)[C@@H](C(C)C)[C@H]3O. The van der Waals surface area contributed by atoms with Gasteiger partial charge >= 0.3 is 5.97 Å². The quantitative estimate of drug-likeness (QED) is 0.591. The first-order chi connectivity index (χ1) is 16.1. The van der Waals surface area contributed by atoms with Crippen molar-refractivity contribution >= 4 is 5.97 Å². The third-order valence-corrected chi connectivity index (χ3v) is 11.0. The number of benzene rings is 1. The number of fused-ring (bicyclic) bond motifs is 2. The van der Waals surface area contributed by atoms with E-state index in [0.717, 1.165) is 50.0 Å². The molecule has 1 aromatic rings. The van der Waals surface area contributed by atoms with Gasteiger partial charge in [0.05, 0.1) is 32.8 Å². The van der Waals surface area contributed by atoms with E-state index in [4.69, 9.17) is 14.2 Å². The summed E-state index contributed by atoms with van der Waals surface area (Å²) in [5, 5.41) is 12.2. The van der Waals surface area contributed by atoms with E-state index in [1.807, 2.05) is 12.1 Å². The lowest BCUT2D eigenvalue weighted by Gasteiger charge is -2.70. The molecule has 0 amide bonds. The summed E-state index contributed by atoms with van der Waals surface area (Å²) in [6, 6.07) is 4.06. The first-order valence-electron chi connectivity index (χ1n) is 13.1. The predicted octanol–water partition coefficient (Wildman–Crippen LogP) is 5.47. The number of aliphatic hydroxyl groups excluding tert-OH is 1. The van der Waals surface area contributed by atoms with Crippen LogP contribution in [0.1, 0.15) is 83.3 Å². The van der Waals surface area contributed by atoms with Gasteiger partial charge in [-0.25, -0.2) is 0 Å². The molecule has 5 heteroatoms. The van der Waals surface area contributed by atoms with Crippen LogP contribution < -0.4 is 9.47 Å². The van der Waals surface area contributed by atoms with Gasteiger partial charge in [0.2, 0.25) is 0 Å². The highest BCUT2D eigenvalue weighted by molar-refractivity contribution is 5.77. The molecule has 34 heavy (non-hydrogen) atoms. The van der Waals surface area contributed by atoms with Crippen LogP contribution in [-0.4, -0.2) is 38.5 Å². The van der Waals surface area contributed by atoms with E-state index in [1.54, 1.807) is 14.2 Å². The van der Waals surface area contributed by atoms with Gasteiger partial charge in [-0.3, -0.25) is 4.79 Å². The van der Waals surface area contributed by atoms with Gasteiger partial charge in [0.1, 0.15) is 11.5 Å². The maximum absolute atomic E-state index is 13.1. The van der Waals surface area contributed by atoms with Crippen LogP contribution in [0.5, 0.6) is 11.5 Å². The topological polar surface area (TPSA) is 65.0 Å². The lowest BCUT2D eigenvalue weighted by molar-refractivity contribution is -0.201. The van der Waals surface area contributed by atoms with Gasteiger partial charge < -0.3 is 19.3 Å². The molecule has 0 aromatic heterocycles. The van der Waals surface area contributed by atoms with Gasteiger partial charge in [0.25, 0.3) is 0 Å². The molecule has 0 heterocycles. The van der Waals surface area contributed by atoms with Crippen LogP contribution in [0, 0.1) is 34.5 Å². The van der Waals surface area contributed by atoms with Crippen LogP contribution in [0.3, 0.4) is 0 Å². The number of ether oxygens (including phenoxy) is 3. The smallest absolute Gasteiger partial charge is 0.311 e. The Morgan fingerprint density at radius 1 is 1.03 bits per heavy atom.